The number of rotatable bonds is 4. The summed E-state index contributed by atoms with van der Waals surface area (Å²) < 4.78 is 5.36. The van der Waals surface area contributed by atoms with E-state index in [0.29, 0.717) is 17.7 Å². The van der Waals surface area contributed by atoms with Gasteiger partial charge in [0.2, 0.25) is 0 Å². The lowest BCUT2D eigenvalue weighted by Gasteiger charge is -2.28. The molecule has 1 fully saturated rings. The lowest BCUT2D eigenvalue weighted by atomic mass is 10.1. The largest absolute Gasteiger partial charge is 0.378 e. The van der Waals surface area contributed by atoms with E-state index in [-0.39, 0.29) is 5.91 Å². The van der Waals surface area contributed by atoms with Gasteiger partial charge in [-0.25, -0.2) is 0 Å². The highest BCUT2D eigenvalue weighted by Gasteiger charge is 2.11. The first-order chi connectivity index (χ1) is 11.8. The van der Waals surface area contributed by atoms with Crippen LogP contribution >= 0.6 is 0 Å². The van der Waals surface area contributed by atoms with Crippen molar-refractivity contribution in [3.8, 4) is 6.07 Å². The first-order valence-corrected chi connectivity index (χ1v) is 7.96. The molecular formula is C19H19N3O2. The fourth-order valence-electron chi connectivity index (χ4n) is 2.66. The zero-order chi connectivity index (χ0) is 16.8. The van der Waals surface area contributed by atoms with Crippen LogP contribution in [0.15, 0.2) is 48.5 Å². The van der Waals surface area contributed by atoms with E-state index in [9.17, 15) is 4.79 Å². The fraction of sp³-hybridized carbons (Fsp3) is 0.263. The van der Waals surface area contributed by atoms with Crippen LogP contribution in [0, 0.1) is 11.3 Å². The maximum absolute atomic E-state index is 12.2. The first-order valence-electron chi connectivity index (χ1n) is 7.96. The smallest absolute Gasteiger partial charge is 0.251 e. The van der Waals surface area contributed by atoms with Crippen LogP contribution in [-0.2, 0) is 11.3 Å². The number of nitrogens with zero attached hydrogens (tertiary/aromatic N) is 2. The highest BCUT2D eigenvalue weighted by molar-refractivity contribution is 5.94. The summed E-state index contributed by atoms with van der Waals surface area (Å²) >= 11 is 0. The molecule has 3 rings (SSSR count). The van der Waals surface area contributed by atoms with Crippen molar-refractivity contribution in [1.82, 2.24) is 5.32 Å². The van der Waals surface area contributed by atoms with Crippen LogP contribution in [0.5, 0.6) is 0 Å². The van der Waals surface area contributed by atoms with Crippen molar-refractivity contribution < 1.29 is 9.53 Å². The van der Waals surface area contributed by atoms with E-state index in [2.05, 4.69) is 22.3 Å². The van der Waals surface area contributed by atoms with Gasteiger partial charge in [0.1, 0.15) is 0 Å². The number of benzene rings is 2. The Morgan fingerprint density at radius 2 is 1.92 bits per heavy atom. The van der Waals surface area contributed by atoms with Gasteiger partial charge < -0.3 is 15.0 Å². The highest BCUT2D eigenvalue weighted by atomic mass is 16.5. The van der Waals surface area contributed by atoms with Gasteiger partial charge in [-0.3, -0.25) is 4.79 Å². The molecule has 0 atom stereocenters. The average molecular weight is 321 g/mol. The molecule has 0 bridgehead atoms. The third kappa shape index (κ3) is 3.92. The summed E-state index contributed by atoms with van der Waals surface area (Å²) in [5, 5.41) is 11.8. The zero-order valence-electron chi connectivity index (χ0n) is 13.4. The number of nitriles is 1. The number of carbonyl (C=O) groups excluding carboxylic acids is 1. The Morgan fingerprint density at radius 3 is 2.62 bits per heavy atom. The maximum Gasteiger partial charge on any atom is 0.251 e. The Kier molecular flexibility index (Phi) is 5.09. The van der Waals surface area contributed by atoms with Gasteiger partial charge in [-0.2, -0.15) is 5.26 Å². The van der Waals surface area contributed by atoms with Crippen molar-refractivity contribution in [1.29, 1.82) is 5.26 Å². The molecule has 0 saturated carbocycles. The Labute approximate surface area is 141 Å². The van der Waals surface area contributed by atoms with Gasteiger partial charge in [-0.15, -0.1) is 0 Å². The molecule has 1 heterocycles. The van der Waals surface area contributed by atoms with Crippen LogP contribution in [0.1, 0.15) is 21.5 Å². The molecule has 0 unspecified atom stereocenters. The number of hydrogen-bond acceptors (Lipinski definition) is 4. The van der Waals surface area contributed by atoms with E-state index < -0.39 is 0 Å². The van der Waals surface area contributed by atoms with Gasteiger partial charge in [-0.1, -0.05) is 18.2 Å². The molecule has 0 aliphatic carbocycles. The molecule has 0 spiro atoms. The normalized spacial score (nSPS) is 14.0. The molecule has 1 aliphatic heterocycles. The van der Waals surface area contributed by atoms with Crippen LogP contribution in [-0.4, -0.2) is 32.2 Å². The van der Waals surface area contributed by atoms with Crippen LogP contribution < -0.4 is 10.2 Å². The Morgan fingerprint density at radius 1 is 1.17 bits per heavy atom. The van der Waals surface area contributed by atoms with Crippen molar-refractivity contribution in [3.63, 3.8) is 0 Å². The lowest BCUT2D eigenvalue weighted by Crippen LogP contribution is -2.36. The Balaban J connectivity index is 1.58. The molecule has 5 nitrogen and oxygen atoms in total. The van der Waals surface area contributed by atoms with Crippen LogP contribution in [0.4, 0.5) is 5.69 Å². The predicted octanol–water partition coefficient (Wildman–Crippen LogP) is 2.32. The minimum atomic E-state index is -0.177. The number of ether oxygens (including phenoxy) is 1. The average Bonchev–Trinajstić information content (AvgIpc) is 2.67. The van der Waals surface area contributed by atoms with Crippen molar-refractivity contribution in [3.05, 3.63) is 65.2 Å². The van der Waals surface area contributed by atoms with Crippen molar-refractivity contribution in [2.75, 3.05) is 31.2 Å². The summed E-state index contributed by atoms with van der Waals surface area (Å²) in [6.07, 6.45) is 0. The molecule has 1 aliphatic rings. The third-order valence-electron chi connectivity index (χ3n) is 4.02. The Hall–Kier alpha value is -2.84. The van der Waals surface area contributed by atoms with Crippen LogP contribution in [0.2, 0.25) is 0 Å². The molecular weight excluding hydrogens is 302 g/mol. The van der Waals surface area contributed by atoms with Crippen LogP contribution in [0.25, 0.3) is 0 Å². The lowest BCUT2D eigenvalue weighted by molar-refractivity contribution is 0.0951. The third-order valence-corrected chi connectivity index (χ3v) is 4.02. The molecule has 2 aromatic carbocycles. The number of carbonyl (C=O) groups is 1. The maximum atomic E-state index is 12.2. The van der Waals surface area contributed by atoms with Crippen LogP contribution in [0.3, 0.4) is 0 Å². The van der Waals surface area contributed by atoms with Gasteiger partial charge in [0.15, 0.2) is 0 Å². The second kappa shape index (κ2) is 7.62. The number of anilines is 1. The summed E-state index contributed by atoms with van der Waals surface area (Å²) in [6.45, 7) is 3.80. The van der Waals surface area contributed by atoms with Crippen molar-refractivity contribution >= 4 is 11.6 Å². The molecule has 1 amide bonds. The second-order valence-electron chi connectivity index (χ2n) is 5.64. The van der Waals surface area contributed by atoms with Gasteiger partial charge >= 0.3 is 0 Å². The molecule has 24 heavy (non-hydrogen) atoms. The summed E-state index contributed by atoms with van der Waals surface area (Å²) in [6, 6.07) is 16.9. The molecule has 2 aromatic rings. The van der Waals surface area contributed by atoms with E-state index in [0.717, 1.165) is 31.9 Å². The summed E-state index contributed by atoms with van der Waals surface area (Å²) in [5.74, 6) is -0.177. The molecule has 5 heteroatoms. The zero-order valence-corrected chi connectivity index (χ0v) is 13.4. The van der Waals surface area contributed by atoms with E-state index in [1.165, 1.54) is 5.69 Å². The molecule has 0 aromatic heterocycles. The minimum Gasteiger partial charge on any atom is -0.378 e. The SMILES string of the molecule is N#Cc1cccc(C(=O)NCc2ccc(N3CCOCC3)cc2)c1. The molecule has 1 N–H and O–H groups in total. The summed E-state index contributed by atoms with van der Waals surface area (Å²) in [4.78, 5) is 14.4. The van der Waals surface area contributed by atoms with Crippen molar-refractivity contribution in [2.24, 2.45) is 0 Å². The van der Waals surface area contributed by atoms with Gasteiger partial charge in [0.05, 0.1) is 24.8 Å². The quantitative estimate of drug-likeness (QED) is 0.938. The van der Waals surface area contributed by atoms with Gasteiger partial charge in [-0.05, 0) is 35.9 Å². The standard InChI is InChI=1S/C19H19N3O2/c20-13-16-2-1-3-17(12-16)19(23)21-14-15-4-6-18(7-5-15)22-8-10-24-11-9-22/h1-7,12H,8-11,14H2,(H,21,23). The van der Waals surface area contributed by atoms with Gasteiger partial charge in [0, 0.05) is 30.9 Å². The second-order valence-corrected chi connectivity index (χ2v) is 5.64. The van der Waals surface area contributed by atoms with Gasteiger partial charge in [0.25, 0.3) is 5.91 Å². The fourth-order valence-corrected chi connectivity index (χ4v) is 2.66. The highest BCUT2D eigenvalue weighted by Crippen LogP contribution is 2.16. The predicted molar refractivity (Wildman–Crippen MR) is 91.8 cm³/mol. The molecule has 1 saturated heterocycles. The molecule has 0 radical (unpaired) electrons. The van der Waals surface area contributed by atoms with E-state index >= 15 is 0 Å². The number of amides is 1. The number of hydrogen-bond donors (Lipinski definition) is 1. The minimum absolute atomic E-state index is 0.177. The Bertz CT molecular complexity index is 744. The van der Waals surface area contributed by atoms with E-state index in [1.807, 2.05) is 18.2 Å². The molecule has 122 valence electrons. The van der Waals surface area contributed by atoms with E-state index in [4.69, 9.17) is 10.00 Å². The number of nitrogens with one attached hydrogen (secondary N) is 1. The first kappa shape index (κ1) is 16.0. The topological polar surface area (TPSA) is 65.4 Å². The van der Waals surface area contributed by atoms with Crippen molar-refractivity contribution in [2.45, 2.75) is 6.54 Å². The number of morpholine rings is 1. The summed E-state index contributed by atoms with van der Waals surface area (Å²) in [5.41, 5.74) is 3.20. The monoisotopic (exact) mass is 321 g/mol. The van der Waals surface area contributed by atoms with E-state index in [1.54, 1.807) is 24.3 Å². The summed E-state index contributed by atoms with van der Waals surface area (Å²) in [7, 11) is 0.